The van der Waals surface area contributed by atoms with Crippen LogP contribution in [0.4, 0.5) is 0 Å². The molecule has 0 spiro atoms. The molecule has 5 N–H and O–H groups in total. The number of phenols is 1. The summed E-state index contributed by atoms with van der Waals surface area (Å²) in [6, 6.07) is 3.84. The molecule has 0 aliphatic carbocycles. The zero-order valence-corrected chi connectivity index (χ0v) is 8.86. The maximum Gasteiger partial charge on any atom is 0.335 e. The zero-order chi connectivity index (χ0) is 12.1. The van der Waals surface area contributed by atoms with E-state index in [1.165, 1.54) is 24.4 Å². The summed E-state index contributed by atoms with van der Waals surface area (Å²) in [5, 5.41) is 21.7. The Bertz CT molecular complexity index is 459. The number of hydrazone groups is 1. The van der Waals surface area contributed by atoms with E-state index in [2.05, 4.69) is 22.7 Å². The van der Waals surface area contributed by atoms with E-state index in [0.717, 1.165) is 0 Å². The van der Waals surface area contributed by atoms with Crippen LogP contribution < -0.4 is 11.2 Å². The predicted octanol–water partition coefficient (Wildman–Crippen LogP) is 0.257. The van der Waals surface area contributed by atoms with Crippen LogP contribution in [0, 0.1) is 0 Å². The third-order valence-electron chi connectivity index (χ3n) is 1.65. The Morgan fingerprint density at radius 3 is 2.81 bits per heavy atom. The lowest BCUT2D eigenvalue weighted by atomic mass is 10.1. The monoisotopic (exact) mass is 239 g/mol. The van der Waals surface area contributed by atoms with Gasteiger partial charge in [0.15, 0.2) is 5.11 Å². The number of nitrogens with one attached hydrogen (secondary N) is 1. The summed E-state index contributed by atoms with van der Waals surface area (Å²) >= 11 is 4.51. The number of nitrogens with two attached hydrogens (primary N) is 1. The molecule has 0 saturated heterocycles. The highest BCUT2D eigenvalue weighted by Crippen LogP contribution is 2.16. The molecule has 1 aromatic rings. The molecule has 0 radical (unpaired) electrons. The van der Waals surface area contributed by atoms with Crippen molar-refractivity contribution in [3.05, 3.63) is 29.3 Å². The molecule has 7 heteroatoms. The zero-order valence-electron chi connectivity index (χ0n) is 8.04. The first-order valence-electron chi connectivity index (χ1n) is 4.15. The molecule has 0 aliphatic heterocycles. The molecule has 0 fully saturated rings. The van der Waals surface area contributed by atoms with Crippen LogP contribution in [0.1, 0.15) is 15.9 Å². The van der Waals surface area contributed by atoms with E-state index < -0.39 is 5.97 Å². The fourth-order valence-corrected chi connectivity index (χ4v) is 1.01. The number of hydrogen-bond acceptors (Lipinski definition) is 4. The Balaban J connectivity index is 2.94. The summed E-state index contributed by atoms with van der Waals surface area (Å²) in [5.41, 5.74) is 7.72. The standard InChI is InChI=1S/C9H9N3O3S/c10-9(16)12-11-4-6-3-5(8(14)15)1-2-7(6)13/h1-4,13H,(H,14,15)(H3,10,12,16)/b11-4+. The van der Waals surface area contributed by atoms with Gasteiger partial charge in [0.2, 0.25) is 0 Å². The van der Waals surface area contributed by atoms with Crippen LogP contribution in [-0.2, 0) is 0 Å². The van der Waals surface area contributed by atoms with Crippen LogP contribution in [0.5, 0.6) is 5.75 Å². The first-order chi connectivity index (χ1) is 7.50. The molecule has 0 atom stereocenters. The van der Waals surface area contributed by atoms with E-state index in [0.29, 0.717) is 0 Å². The number of benzene rings is 1. The van der Waals surface area contributed by atoms with Crippen molar-refractivity contribution in [2.24, 2.45) is 10.8 Å². The molecule has 0 aliphatic rings. The normalized spacial score (nSPS) is 10.2. The minimum Gasteiger partial charge on any atom is -0.507 e. The summed E-state index contributed by atoms with van der Waals surface area (Å²) < 4.78 is 0. The number of aromatic carboxylic acids is 1. The molecule has 0 bridgehead atoms. The number of aromatic hydroxyl groups is 1. The van der Waals surface area contributed by atoms with E-state index in [9.17, 15) is 9.90 Å². The highest BCUT2D eigenvalue weighted by Gasteiger charge is 2.05. The number of carboxylic acid groups (broad SMARTS) is 1. The van der Waals surface area contributed by atoms with Crippen molar-refractivity contribution in [2.75, 3.05) is 0 Å². The van der Waals surface area contributed by atoms with Gasteiger partial charge in [0.1, 0.15) is 5.75 Å². The lowest BCUT2D eigenvalue weighted by Crippen LogP contribution is -2.24. The maximum absolute atomic E-state index is 10.7. The highest BCUT2D eigenvalue weighted by molar-refractivity contribution is 7.80. The number of carbonyl (C=O) groups is 1. The number of phenolic OH excluding ortho intramolecular Hbond substituents is 1. The number of hydrogen-bond donors (Lipinski definition) is 4. The van der Waals surface area contributed by atoms with Gasteiger partial charge in [0.05, 0.1) is 11.8 Å². The van der Waals surface area contributed by atoms with Crippen LogP contribution in [0.2, 0.25) is 0 Å². The van der Waals surface area contributed by atoms with Crippen molar-refractivity contribution in [1.82, 2.24) is 5.43 Å². The van der Waals surface area contributed by atoms with Gasteiger partial charge in [-0.25, -0.2) is 4.79 Å². The Morgan fingerprint density at radius 2 is 2.25 bits per heavy atom. The number of rotatable bonds is 3. The Morgan fingerprint density at radius 1 is 1.56 bits per heavy atom. The van der Waals surface area contributed by atoms with Crippen molar-refractivity contribution >= 4 is 29.5 Å². The Hall–Kier alpha value is -2.15. The smallest absolute Gasteiger partial charge is 0.335 e. The van der Waals surface area contributed by atoms with Crippen LogP contribution in [0.15, 0.2) is 23.3 Å². The van der Waals surface area contributed by atoms with Gasteiger partial charge in [0, 0.05) is 5.56 Å². The van der Waals surface area contributed by atoms with Gasteiger partial charge in [-0.1, -0.05) is 0 Å². The first-order valence-corrected chi connectivity index (χ1v) is 4.56. The second-order valence-electron chi connectivity index (χ2n) is 2.81. The minimum atomic E-state index is -1.09. The fourth-order valence-electron chi connectivity index (χ4n) is 0.956. The van der Waals surface area contributed by atoms with Crippen molar-refractivity contribution in [1.29, 1.82) is 0 Å². The predicted molar refractivity (Wildman–Crippen MR) is 62.6 cm³/mol. The maximum atomic E-state index is 10.7. The number of carboxylic acids is 1. The van der Waals surface area contributed by atoms with Crippen LogP contribution in [0.25, 0.3) is 0 Å². The Kier molecular flexibility index (Phi) is 3.78. The molecular weight excluding hydrogens is 230 g/mol. The minimum absolute atomic E-state index is 0.0230. The van der Waals surface area contributed by atoms with Gasteiger partial charge in [-0.2, -0.15) is 5.10 Å². The fraction of sp³-hybridized carbons (Fsp3) is 0. The molecule has 1 rings (SSSR count). The summed E-state index contributed by atoms with van der Waals surface area (Å²) in [4.78, 5) is 10.7. The van der Waals surface area contributed by atoms with Gasteiger partial charge in [0.25, 0.3) is 0 Å². The van der Waals surface area contributed by atoms with Gasteiger partial charge in [-0.05, 0) is 30.4 Å². The SMILES string of the molecule is NC(=S)N/N=C/c1cc(C(=O)O)ccc1O. The van der Waals surface area contributed by atoms with Gasteiger partial charge >= 0.3 is 5.97 Å². The van der Waals surface area contributed by atoms with E-state index in [-0.39, 0.29) is 22.0 Å². The van der Waals surface area contributed by atoms with Gasteiger partial charge in [-0.3, -0.25) is 5.43 Å². The van der Waals surface area contributed by atoms with E-state index >= 15 is 0 Å². The molecule has 1 aromatic carbocycles. The molecule has 0 saturated carbocycles. The Labute approximate surface area is 96.4 Å². The largest absolute Gasteiger partial charge is 0.507 e. The lowest BCUT2D eigenvalue weighted by molar-refractivity contribution is 0.0697. The average Bonchev–Trinajstić information content (AvgIpc) is 2.20. The summed E-state index contributed by atoms with van der Waals surface area (Å²) in [6.07, 6.45) is 1.22. The summed E-state index contributed by atoms with van der Waals surface area (Å²) in [5.74, 6) is -1.17. The third-order valence-corrected chi connectivity index (χ3v) is 1.74. The van der Waals surface area contributed by atoms with E-state index in [4.69, 9.17) is 10.8 Å². The van der Waals surface area contributed by atoms with Crippen LogP contribution in [0.3, 0.4) is 0 Å². The highest BCUT2D eigenvalue weighted by atomic mass is 32.1. The van der Waals surface area contributed by atoms with Crippen LogP contribution >= 0.6 is 12.2 Å². The number of thiocarbonyl (C=S) groups is 1. The topological polar surface area (TPSA) is 108 Å². The van der Waals surface area contributed by atoms with Gasteiger partial charge in [-0.15, -0.1) is 0 Å². The average molecular weight is 239 g/mol. The van der Waals surface area contributed by atoms with Crippen molar-refractivity contribution in [3.8, 4) is 5.75 Å². The molecule has 6 nitrogen and oxygen atoms in total. The number of nitrogens with zero attached hydrogens (tertiary/aromatic N) is 1. The molecule has 0 amide bonds. The van der Waals surface area contributed by atoms with Crippen LogP contribution in [-0.4, -0.2) is 27.5 Å². The molecule has 0 heterocycles. The molecule has 0 unspecified atom stereocenters. The second-order valence-corrected chi connectivity index (χ2v) is 3.25. The van der Waals surface area contributed by atoms with E-state index in [1.807, 2.05) is 0 Å². The molecule has 84 valence electrons. The molecule has 0 aromatic heterocycles. The van der Waals surface area contributed by atoms with E-state index in [1.54, 1.807) is 0 Å². The van der Waals surface area contributed by atoms with Crippen molar-refractivity contribution in [3.63, 3.8) is 0 Å². The quantitative estimate of drug-likeness (QED) is 0.342. The first kappa shape index (κ1) is 11.9. The van der Waals surface area contributed by atoms with Crippen molar-refractivity contribution < 1.29 is 15.0 Å². The lowest BCUT2D eigenvalue weighted by Gasteiger charge is -2.00. The summed E-state index contributed by atoms with van der Waals surface area (Å²) in [6.45, 7) is 0. The molecule has 16 heavy (non-hydrogen) atoms. The second kappa shape index (κ2) is 5.08. The van der Waals surface area contributed by atoms with Crippen molar-refractivity contribution in [2.45, 2.75) is 0 Å². The molecular formula is C9H9N3O3S. The third kappa shape index (κ3) is 3.21. The van der Waals surface area contributed by atoms with Gasteiger partial charge < -0.3 is 15.9 Å². The summed E-state index contributed by atoms with van der Waals surface area (Å²) in [7, 11) is 0.